The highest BCUT2D eigenvalue weighted by Gasteiger charge is 2.20. The highest BCUT2D eigenvalue weighted by molar-refractivity contribution is 5.88. The third-order valence-corrected chi connectivity index (χ3v) is 4.28. The van der Waals surface area contributed by atoms with Crippen LogP contribution in [0.1, 0.15) is 43.5 Å². The molecule has 0 aliphatic carbocycles. The normalized spacial score (nSPS) is 11.3. The van der Waals surface area contributed by atoms with Gasteiger partial charge < -0.3 is 10.2 Å². The summed E-state index contributed by atoms with van der Waals surface area (Å²) in [6, 6.07) is 16.6. The van der Waals surface area contributed by atoms with E-state index in [9.17, 15) is 9.59 Å². The fraction of sp³-hybridized carbons (Fsp3) is 0.286. The Morgan fingerprint density at radius 2 is 1.73 bits per heavy atom. The third-order valence-electron chi connectivity index (χ3n) is 4.28. The van der Waals surface area contributed by atoms with E-state index in [-0.39, 0.29) is 17.9 Å². The van der Waals surface area contributed by atoms with Gasteiger partial charge in [-0.3, -0.25) is 9.59 Å². The molecule has 0 fully saturated rings. The molecule has 2 amide bonds. The van der Waals surface area contributed by atoms with Crippen molar-refractivity contribution < 1.29 is 9.59 Å². The number of rotatable bonds is 6. The monoisotopic (exact) mass is 349 g/mol. The van der Waals surface area contributed by atoms with Crippen molar-refractivity contribution in [1.82, 2.24) is 4.90 Å². The molecule has 5 nitrogen and oxygen atoms in total. The second kappa shape index (κ2) is 8.82. The van der Waals surface area contributed by atoms with E-state index in [1.165, 1.54) is 6.92 Å². The molecular weight excluding hydrogens is 326 g/mol. The van der Waals surface area contributed by atoms with Crippen molar-refractivity contribution in [3.05, 3.63) is 65.2 Å². The van der Waals surface area contributed by atoms with Gasteiger partial charge in [-0.25, -0.2) is 0 Å². The average molecular weight is 349 g/mol. The van der Waals surface area contributed by atoms with Gasteiger partial charge in [-0.15, -0.1) is 0 Å². The van der Waals surface area contributed by atoms with Crippen LogP contribution >= 0.6 is 0 Å². The fourth-order valence-electron chi connectivity index (χ4n) is 2.87. The van der Waals surface area contributed by atoms with Crippen molar-refractivity contribution in [2.45, 2.75) is 33.2 Å². The van der Waals surface area contributed by atoms with Gasteiger partial charge in [0.15, 0.2) is 0 Å². The van der Waals surface area contributed by atoms with Crippen molar-refractivity contribution in [3.8, 4) is 6.07 Å². The minimum absolute atomic E-state index is 0.0386. The predicted octanol–water partition coefficient (Wildman–Crippen LogP) is 3.67. The van der Waals surface area contributed by atoms with Gasteiger partial charge in [0.1, 0.15) is 0 Å². The third kappa shape index (κ3) is 4.93. The van der Waals surface area contributed by atoms with E-state index >= 15 is 0 Å². The number of nitrogens with one attached hydrogen (secondary N) is 1. The summed E-state index contributed by atoms with van der Waals surface area (Å²) < 4.78 is 0. The topological polar surface area (TPSA) is 73.2 Å². The van der Waals surface area contributed by atoms with Crippen LogP contribution in [0.15, 0.2) is 48.5 Å². The summed E-state index contributed by atoms with van der Waals surface area (Å²) in [6.45, 7) is 6.01. The van der Waals surface area contributed by atoms with Crippen LogP contribution < -0.4 is 5.32 Å². The smallest absolute Gasteiger partial charge is 0.227 e. The van der Waals surface area contributed by atoms with Gasteiger partial charge in [0, 0.05) is 19.2 Å². The van der Waals surface area contributed by atoms with Crippen LogP contribution in [-0.4, -0.2) is 23.3 Å². The molecule has 1 atom stereocenters. The summed E-state index contributed by atoms with van der Waals surface area (Å²) in [5.41, 5.74) is 3.22. The zero-order valence-corrected chi connectivity index (χ0v) is 15.3. The highest BCUT2D eigenvalue weighted by atomic mass is 16.2. The van der Waals surface area contributed by atoms with E-state index in [0.717, 1.165) is 11.1 Å². The molecule has 0 saturated heterocycles. The molecule has 2 aromatic carbocycles. The second-order valence-electron chi connectivity index (χ2n) is 6.14. The number of nitriles is 1. The van der Waals surface area contributed by atoms with Crippen LogP contribution in [0, 0.1) is 11.3 Å². The standard InChI is InChI=1S/C21H23N3O2/c1-4-24(15(2)19-9-5-18(14-22)6-10-19)21(26)13-17-7-11-20(12-8-17)23-16(3)25/h5-12,15H,4,13H2,1-3H3,(H,23,25). The minimum Gasteiger partial charge on any atom is -0.336 e. The Labute approximate surface area is 154 Å². The Morgan fingerprint density at radius 1 is 1.12 bits per heavy atom. The summed E-state index contributed by atoms with van der Waals surface area (Å²) in [7, 11) is 0. The maximum absolute atomic E-state index is 12.7. The number of carbonyl (C=O) groups is 2. The summed E-state index contributed by atoms with van der Waals surface area (Å²) in [5.74, 6) is -0.0844. The van der Waals surface area contributed by atoms with Crippen molar-refractivity contribution in [1.29, 1.82) is 5.26 Å². The van der Waals surface area contributed by atoms with E-state index in [2.05, 4.69) is 11.4 Å². The average Bonchev–Trinajstić information content (AvgIpc) is 2.63. The molecule has 1 N–H and O–H groups in total. The molecule has 0 aliphatic rings. The van der Waals surface area contributed by atoms with E-state index in [0.29, 0.717) is 24.2 Å². The second-order valence-corrected chi connectivity index (χ2v) is 6.14. The lowest BCUT2D eigenvalue weighted by molar-refractivity contribution is -0.132. The van der Waals surface area contributed by atoms with E-state index in [4.69, 9.17) is 5.26 Å². The van der Waals surface area contributed by atoms with Gasteiger partial charge in [0.2, 0.25) is 11.8 Å². The van der Waals surface area contributed by atoms with Crippen molar-refractivity contribution in [2.75, 3.05) is 11.9 Å². The first-order chi connectivity index (χ1) is 12.4. The van der Waals surface area contributed by atoms with Crippen LogP contribution in [0.5, 0.6) is 0 Å². The molecule has 2 aromatic rings. The van der Waals surface area contributed by atoms with Gasteiger partial charge >= 0.3 is 0 Å². The number of likely N-dealkylation sites (N-methyl/N-ethyl adjacent to an activating group) is 1. The summed E-state index contributed by atoms with van der Waals surface area (Å²) >= 11 is 0. The van der Waals surface area contributed by atoms with Gasteiger partial charge in [0.25, 0.3) is 0 Å². The van der Waals surface area contributed by atoms with Crippen LogP contribution in [-0.2, 0) is 16.0 Å². The molecule has 5 heteroatoms. The number of hydrogen-bond donors (Lipinski definition) is 1. The number of benzene rings is 2. The van der Waals surface area contributed by atoms with Crippen molar-refractivity contribution >= 4 is 17.5 Å². The first-order valence-corrected chi connectivity index (χ1v) is 8.60. The van der Waals surface area contributed by atoms with E-state index < -0.39 is 0 Å². The lowest BCUT2D eigenvalue weighted by Crippen LogP contribution is -2.34. The highest BCUT2D eigenvalue weighted by Crippen LogP contribution is 2.22. The Balaban J connectivity index is 2.07. The molecule has 0 spiro atoms. The van der Waals surface area contributed by atoms with Crippen molar-refractivity contribution in [2.24, 2.45) is 0 Å². The Hall–Kier alpha value is -3.13. The summed E-state index contributed by atoms with van der Waals surface area (Å²) in [4.78, 5) is 25.6. The first-order valence-electron chi connectivity index (χ1n) is 8.60. The summed E-state index contributed by atoms with van der Waals surface area (Å²) in [6.07, 6.45) is 0.300. The van der Waals surface area contributed by atoms with Gasteiger partial charge in [0.05, 0.1) is 24.1 Å². The first kappa shape index (κ1) is 19.2. The zero-order valence-electron chi connectivity index (χ0n) is 15.3. The van der Waals surface area contributed by atoms with Crippen LogP contribution in [0.2, 0.25) is 0 Å². The molecule has 1 unspecified atom stereocenters. The van der Waals surface area contributed by atoms with Gasteiger partial charge in [-0.2, -0.15) is 5.26 Å². The number of amides is 2. The fourth-order valence-corrected chi connectivity index (χ4v) is 2.87. The largest absolute Gasteiger partial charge is 0.336 e. The molecule has 0 heterocycles. The SMILES string of the molecule is CCN(C(=O)Cc1ccc(NC(C)=O)cc1)C(C)c1ccc(C#N)cc1. The number of hydrogen-bond acceptors (Lipinski definition) is 3. The number of carbonyl (C=O) groups excluding carboxylic acids is 2. The molecule has 134 valence electrons. The maximum Gasteiger partial charge on any atom is 0.227 e. The molecular formula is C21H23N3O2. The van der Waals surface area contributed by atoms with E-state index in [1.807, 2.05) is 43.0 Å². The van der Waals surface area contributed by atoms with Crippen LogP contribution in [0.4, 0.5) is 5.69 Å². The van der Waals surface area contributed by atoms with E-state index in [1.54, 1.807) is 24.3 Å². The zero-order chi connectivity index (χ0) is 19.1. The maximum atomic E-state index is 12.7. The lowest BCUT2D eigenvalue weighted by Gasteiger charge is -2.28. The van der Waals surface area contributed by atoms with Crippen molar-refractivity contribution in [3.63, 3.8) is 0 Å². The molecule has 26 heavy (non-hydrogen) atoms. The Bertz CT molecular complexity index is 805. The summed E-state index contributed by atoms with van der Waals surface area (Å²) in [5, 5.41) is 11.6. The van der Waals surface area contributed by atoms with Crippen LogP contribution in [0.3, 0.4) is 0 Å². The predicted molar refractivity (Wildman–Crippen MR) is 101 cm³/mol. The van der Waals surface area contributed by atoms with Gasteiger partial charge in [-0.05, 0) is 49.2 Å². The number of nitrogens with zero attached hydrogens (tertiary/aromatic N) is 2. The molecule has 0 bridgehead atoms. The molecule has 2 rings (SSSR count). The Kier molecular flexibility index (Phi) is 6.51. The molecule has 0 saturated carbocycles. The minimum atomic E-state index is -0.123. The van der Waals surface area contributed by atoms with Crippen LogP contribution in [0.25, 0.3) is 0 Å². The molecule has 0 radical (unpaired) electrons. The quantitative estimate of drug-likeness (QED) is 0.865. The molecule has 0 aromatic heterocycles. The molecule has 0 aliphatic heterocycles. The lowest BCUT2D eigenvalue weighted by atomic mass is 10.0. The Morgan fingerprint density at radius 3 is 2.23 bits per heavy atom. The number of anilines is 1. The van der Waals surface area contributed by atoms with Gasteiger partial charge in [-0.1, -0.05) is 24.3 Å².